The van der Waals surface area contributed by atoms with Crippen LogP contribution in [0.15, 0.2) is 47.1 Å². The van der Waals surface area contributed by atoms with E-state index in [9.17, 15) is 19.8 Å². The van der Waals surface area contributed by atoms with Crippen LogP contribution in [0.2, 0.25) is 0 Å². The molecule has 208 valence electrons. The molecule has 0 aromatic heterocycles. The van der Waals surface area contributed by atoms with Crippen LogP contribution in [-0.2, 0) is 20.8 Å². The van der Waals surface area contributed by atoms with Crippen molar-refractivity contribution in [2.45, 2.75) is 83.3 Å². The van der Waals surface area contributed by atoms with Gasteiger partial charge in [-0.15, -0.1) is 6.42 Å². The van der Waals surface area contributed by atoms with Crippen molar-refractivity contribution >= 4 is 17.6 Å². The molecular formula is C32H40N2O5. The summed E-state index contributed by atoms with van der Waals surface area (Å²) in [4.78, 5) is 29.4. The summed E-state index contributed by atoms with van der Waals surface area (Å²) >= 11 is 0. The first-order chi connectivity index (χ1) is 18.6. The van der Waals surface area contributed by atoms with Gasteiger partial charge in [0.15, 0.2) is 6.61 Å². The second kappa shape index (κ2) is 10.5. The summed E-state index contributed by atoms with van der Waals surface area (Å²) < 4.78 is 0. The highest BCUT2D eigenvalue weighted by Gasteiger charge is 2.63. The Morgan fingerprint density at radius 3 is 2.59 bits per heavy atom. The van der Waals surface area contributed by atoms with Crippen molar-refractivity contribution in [2.24, 2.45) is 33.7 Å². The van der Waals surface area contributed by atoms with Gasteiger partial charge in [0.1, 0.15) is 11.6 Å². The minimum absolute atomic E-state index is 0.101. The van der Waals surface area contributed by atoms with E-state index in [1.807, 2.05) is 30.3 Å². The number of hydrogen-bond acceptors (Lipinski definition) is 5. The molecule has 0 bridgehead atoms. The number of carboxylic acids is 1. The predicted molar refractivity (Wildman–Crippen MR) is 149 cm³/mol. The minimum Gasteiger partial charge on any atom is -0.480 e. The fourth-order valence-corrected chi connectivity index (χ4v) is 8.36. The second-order valence-corrected chi connectivity index (χ2v) is 12.5. The fraction of sp³-hybridized carbons (Fsp3) is 0.594. The number of aliphatic hydroxyl groups is 1. The first kappa shape index (κ1) is 27.5. The molecule has 7 heteroatoms. The zero-order valence-electron chi connectivity index (χ0n) is 23.0. The third kappa shape index (κ3) is 4.89. The Kier molecular flexibility index (Phi) is 7.37. The molecule has 0 saturated heterocycles. The molecule has 7 atom stereocenters. The van der Waals surface area contributed by atoms with Crippen LogP contribution in [0, 0.1) is 40.9 Å². The van der Waals surface area contributed by atoms with E-state index in [1.165, 1.54) is 5.57 Å². The van der Waals surface area contributed by atoms with Crippen LogP contribution in [0.1, 0.15) is 70.8 Å². The number of nitrogens with one attached hydrogen (secondary N) is 1. The molecule has 5 rings (SSSR count). The maximum Gasteiger partial charge on any atom is 0.326 e. The first-order valence-corrected chi connectivity index (χ1v) is 14.3. The minimum atomic E-state index is -1.09. The Labute approximate surface area is 231 Å². The Bertz CT molecular complexity index is 1220. The summed E-state index contributed by atoms with van der Waals surface area (Å²) in [5.74, 6) is 2.77. The average Bonchev–Trinajstić information content (AvgIpc) is 3.20. The van der Waals surface area contributed by atoms with Crippen molar-refractivity contribution in [1.82, 2.24) is 5.32 Å². The quantitative estimate of drug-likeness (QED) is 0.354. The molecule has 1 aromatic rings. The number of rotatable bonds is 7. The molecule has 1 amide bonds. The number of nitrogens with zero attached hydrogens (tertiary/aromatic N) is 1. The van der Waals surface area contributed by atoms with Gasteiger partial charge in [0, 0.05) is 11.8 Å². The number of terminal acetylenes is 1. The number of hydrogen-bond donors (Lipinski definition) is 3. The van der Waals surface area contributed by atoms with Crippen LogP contribution in [0.25, 0.3) is 0 Å². The number of allylic oxidation sites excluding steroid dienone is 2. The van der Waals surface area contributed by atoms with E-state index in [0.29, 0.717) is 24.2 Å². The van der Waals surface area contributed by atoms with Gasteiger partial charge >= 0.3 is 5.97 Å². The lowest BCUT2D eigenvalue weighted by Crippen LogP contribution is -2.54. The van der Waals surface area contributed by atoms with Crippen molar-refractivity contribution in [1.29, 1.82) is 0 Å². The average molecular weight is 533 g/mol. The van der Waals surface area contributed by atoms with Gasteiger partial charge in [-0.05, 0) is 86.2 Å². The Hall–Kier alpha value is -3.11. The molecule has 39 heavy (non-hydrogen) atoms. The maximum absolute atomic E-state index is 12.4. The van der Waals surface area contributed by atoms with Crippen molar-refractivity contribution in [2.75, 3.05) is 6.61 Å². The molecule has 4 aliphatic rings. The van der Waals surface area contributed by atoms with Crippen molar-refractivity contribution in [3.63, 3.8) is 0 Å². The Balaban J connectivity index is 1.20. The van der Waals surface area contributed by atoms with Crippen LogP contribution in [0.3, 0.4) is 0 Å². The van der Waals surface area contributed by atoms with Gasteiger partial charge in [-0.25, -0.2) is 4.79 Å². The summed E-state index contributed by atoms with van der Waals surface area (Å²) in [5, 5.41) is 27.5. The van der Waals surface area contributed by atoms with Crippen LogP contribution in [0.4, 0.5) is 0 Å². The summed E-state index contributed by atoms with van der Waals surface area (Å²) in [6.07, 6.45) is 15.8. The molecule has 0 unspecified atom stereocenters. The molecule has 1 aromatic carbocycles. The van der Waals surface area contributed by atoms with Crippen molar-refractivity contribution in [3.05, 3.63) is 47.5 Å². The molecule has 0 radical (unpaired) electrons. The van der Waals surface area contributed by atoms with Crippen LogP contribution >= 0.6 is 0 Å². The Morgan fingerprint density at radius 2 is 1.87 bits per heavy atom. The number of fused-ring (bicyclic) bond motifs is 5. The van der Waals surface area contributed by atoms with Crippen LogP contribution < -0.4 is 5.32 Å². The van der Waals surface area contributed by atoms with E-state index < -0.39 is 23.5 Å². The fourth-order valence-electron chi connectivity index (χ4n) is 8.36. The van der Waals surface area contributed by atoms with E-state index in [4.69, 9.17) is 11.3 Å². The zero-order chi connectivity index (χ0) is 27.8. The molecule has 0 spiro atoms. The summed E-state index contributed by atoms with van der Waals surface area (Å²) in [7, 11) is 0. The number of carboxylic acid groups (broad SMARTS) is 1. The van der Waals surface area contributed by atoms with Gasteiger partial charge in [0.05, 0.1) is 5.71 Å². The monoisotopic (exact) mass is 532 g/mol. The molecule has 3 saturated carbocycles. The zero-order valence-corrected chi connectivity index (χ0v) is 23.0. The van der Waals surface area contributed by atoms with E-state index in [0.717, 1.165) is 56.2 Å². The molecule has 3 fully saturated rings. The molecule has 0 aliphatic heterocycles. The molecule has 0 heterocycles. The molecule has 3 N–H and O–H groups in total. The van der Waals surface area contributed by atoms with E-state index in [1.54, 1.807) is 0 Å². The van der Waals surface area contributed by atoms with Crippen LogP contribution in [-0.4, -0.2) is 46.1 Å². The largest absolute Gasteiger partial charge is 0.480 e. The maximum atomic E-state index is 12.4. The number of carbonyl (C=O) groups excluding carboxylic acids is 1. The van der Waals surface area contributed by atoms with E-state index in [2.05, 4.69) is 36.3 Å². The van der Waals surface area contributed by atoms with Crippen molar-refractivity contribution < 1.29 is 24.6 Å². The van der Waals surface area contributed by atoms with Crippen molar-refractivity contribution in [3.8, 4) is 12.3 Å². The number of benzene rings is 1. The van der Waals surface area contributed by atoms with E-state index >= 15 is 0 Å². The topological polar surface area (TPSA) is 108 Å². The van der Waals surface area contributed by atoms with Gasteiger partial charge in [-0.2, -0.15) is 0 Å². The number of amides is 1. The van der Waals surface area contributed by atoms with Gasteiger partial charge in [0.25, 0.3) is 5.91 Å². The SMILES string of the molecule is C#C[C@@]1(O)CC[C@@H]2[C@H]3CCC4=CC(=NOCC(=O)N[C@H](Cc5ccccc5)C(=O)O)CC[C@]4(C)[C@H]3CC[C@]21C. The first-order valence-electron chi connectivity index (χ1n) is 14.3. The third-order valence-corrected chi connectivity index (χ3v) is 10.7. The number of oxime groups is 1. The van der Waals surface area contributed by atoms with Gasteiger partial charge in [-0.1, -0.05) is 60.8 Å². The summed E-state index contributed by atoms with van der Waals surface area (Å²) in [6, 6.07) is 8.17. The predicted octanol–water partition coefficient (Wildman–Crippen LogP) is 4.50. The smallest absolute Gasteiger partial charge is 0.326 e. The van der Waals surface area contributed by atoms with Gasteiger partial charge in [0.2, 0.25) is 0 Å². The number of carbonyl (C=O) groups is 2. The second-order valence-electron chi connectivity index (χ2n) is 12.5. The van der Waals surface area contributed by atoms with Gasteiger partial charge in [-0.3, -0.25) is 4.79 Å². The molecule has 4 aliphatic carbocycles. The van der Waals surface area contributed by atoms with Crippen LogP contribution in [0.5, 0.6) is 0 Å². The lowest BCUT2D eigenvalue weighted by molar-refractivity contribution is -0.142. The Morgan fingerprint density at radius 1 is 1.13 bits per heavy atom. The third-order valence-electron chi connectivity index (χ3n) is 10.7. The normalized spacial score (nSPS) is 36.9. The lowest BCUT2D eigenvalue weighted by atomic mass is 9.46. The summed E-state index contributed by atoms with van der Waals surface area (Å²) in [5.41, 5.74) is 1.99. The standard InChI is InChI=1S/C32H40N2O5/c1-4-32(38)17-14-26-24-11-10-22-19-23(12-15-30(22,2)25(24)13-16-31(26,32)3)34-39-20-28(35)33-27(29(36)37)18-21-8-6-5-7-9-21/h1,5-9,19,24-27,38H,10-18,20H2,2-3H3,(H,33,35)(H,36,37)/t24-,25-,26+,27+,30-,31+,32+/m0/s1. The molecule has 7 nitrogen and oxygen atoms in total. The highest BCUT2D eigenvalue weighted by molar-refractivity contribution is 5.96. The van der Waals surface area contributed by atoms with E-state index in [-0.39, 0.29) is 23.9 Å². The highest BCUT2D eigenvalue weighted by atomic mass is 16.6. The van der Waals surface area contributed by atoms with Gasteiger partial charge < -0.3 is 20.4 Å². The summed E-state index contributed by atoms with van der Waals surface area (Å²) in [6.45, 7) is 4.28. The lowest BCUT2D eigenvalue weighted by Gasteiger charge is -2.58. The molecular weight excluding hydrogens is 492 g/mol. The highest BCUT2D eigenvalue weighted by Crippen LogP contribution is 2.67. The number of aliphatic carboxylic acids is 1.